The normalized spacial score (nSPS) is 11.3. The Morgan fingerprint density at radius 3 is 2.00 bits per heavy atom. The molecule has 0 heterocycles. The Morgan fingerprint density at radius 2 is 1.44 bits per heavy atom. The van der Waals surface area contributed by atoms with Crippen molar-refractivity contribution >= 4 is 81.6 Å². The molecule has 7 heteroatoms. The first-order valence-electron chi connectivity index (χ1n) is 8.33. The van der Waals surface area contributed by atoms with E-state index in [1.807, 2.05) is 36.0 Å². The summed E-state index contributed by atoms with van der Waals surface area (Å²) in [4.78, 5) is 13.7. The Morgan fingerprint density at radius 1 is 0.889 bits per heavy atom. The van der Waals surface area contributed by atoms with E-state index in [4.69, 9.17) is 58.0 Å². The van der Waals surface area contributed by atoms with Gasteiger partial charge in [-0.2, -0.15) is 0 Å². The highest BCUT2D eigenvalue weighted by Crippen LogP contribution is 2.44. The maximum Gasteiger partial charge on any atom is 0.188 e. The molecule has 0 fully saturated rings. The fourth-order valence-electron chi connectivity index (χ4n) is 2.29. The number of halogens is 5. The molecule has 0 saturated carbocycles. The molecule has 0 aromatic heterocycles. The van der Waals surface area contributed by atoms with E-state index in [1.165, 1.54) is 30.2 Å². The van der Waals surface area contributed by atoms with E-state index in [0.29, 0.717) is 0 Å². The summed E-state index contributed by atoms with van der Waals surface area (Å²) >= 11 is 32.1. The van der Waals surface area contributed by atoms with Crippen molar-refractivity contribution in [1.29, 1.82) is 0 Å². The van der Waals surface area contributed by atoms with Gasteiger partial charge in [-0.1, -0.05) is 96.0 Å². The van der Waals surface area contributed by atoms with Crippen molar-refractivity contribution < 1.29 is 4.79 Å². The fourth-order valence-corrected chi connectivity index (χ4v) is 4.53. The van der Waals surface area contributed by atoms with Gasteiger partial charge in [-0.25, -0.2) is 0 Å². The molecule has 0 spiro atoms. The van der Waals surface area contributed by atoms with Gasteiger partial charge >= 0.3 is 0 Å². The highest BCUT2D eigenvalue weighted by molar-refractivity contribution is 7.99. The molecule has 0 aliphatic rings. The van der Waals surface area contributed by atoms with Gasteiger partial charge in [-0.15, -0.1) is 11.8 Å². The standard InChI is InChI=1S/C20H17Cl5OS/c1-2-3-4-11-27-13-8-5-12(6-9-13)7-10-14(26)15-16(21)18(23)20(25)19(24)17(15)22/h5-10H,2-4,11H2,1H3. The van der Waals surface area contributed by atoms with Crippen LogP contribution >= 0.6 is 69.8 Å². The number of carbonyl (C=O) groups excluding carboxylic acids is 1. The molecule has 0 N–H and O–H groups in total. The molecule has 0 amide bonds. The predicted molar refractivity (Wildman–Crippen MR) is 122 cm³/mol. The van der Waals surface area contributed by atoms with Gasteiger partial charge in [-0.05, 0) is 35.9 Å². The molecule has 27 heavy (non-hydrogen) atoms. The number of hydrogen-bond acceptors (Lipinski definition) is 2. The third-order valence-corrected chi connectivity index (χ3v) is 7.16. The molecular weight excluding hydrogens is 466 g/mol. The first-order valence-corrected chi connectivity index (χ1v) is 11.2. The van der Waals surface area contributed by atoms with E-state index in [1.54, 1.807) is 6.08 Å². The average molecular weight is 483 g/mol. The summed E-state index contributed by atoms with van der Waals surface area (Å²) in [5.41, 5.74) is 0.928. The minimum Gasteiger partial charge on any atom is -0.289 e. The number of thioether (sulfide) groups is 1. The molecule has 0 atom stereocenters. The van der Waals surface area contributed by atoms with Crippen LogP contribution in [0.15, 0.2) is 35.2 Å². The van der Waals surface area contributed by atoms with Gasteiger partial charge in [0.25, 0.3) is 0 Å². The van der Waals surface area contributed by atoms with Gasteiger partial charge in [0.2, 0.25) is 0 Å². The molecule has 0 saturated heterocycles. The Balaban J connectivity index is 2.11. The maximum absolute atomic E-state index is 12.5. The quantitative estimate of drug-likeness (QED) is 0.0932. The lowest BCUT2D eigenvalue weighted by atomic mass is 10.1. The summed E-state index contributed by atoms with van der Waals surface area (Å²) in [6.07, 6.45) is 6.76. The number of unbranched alkanes of at least 4 members (excludes halogenated alkanes) is 2. The van der Waals surface area contributed by atoms with Crippen molar-refractivity contribution in [2.75, 3.05) is 5.75 Å². The maximum atomic E-state index is 12.5. The number of allylic oxidation sites excluding steroid dienone is 1. The third-order valence-electron chi connectivity index (χ3n) is 3.78. The van der Waals surface area contributed by atoms with Gasteiger partial charge in [0.1, 0.15) is 0 Å². The van der Waals surface area contributed by atoms with Gasteiger partial charge in [0.05, 0.1) is 30.7 Å². The van der Waals surface area contributed by atoms with Crippen LogP contribution in [0.25, 0.3) is 6.08 Å². The van der Waals surface area contributed by atoms with Crippen molar-refractivity contribution in [3.05, 3.63) is 66.6 Å². The lowest BCUT2D eigenvalue weighted by Gasteiger charge is -2.10. The Bertz CT molecular complexity index is 817. The number of carbonyl (C=O) groups is 1. The summed E-state index contributed by atoms with van der Waals surface area (Å²) in [6.45, 7) is 2.19. The SMILES string of the molecule is CCCCCSc1ccc(C=CC(=O)c2c(Cl)c(Cl)c(Cl)c(Cl)c2Cl)cc1. The molecule has 0 aliphatic heterocycles. The lowest BCUT2D eigenvalue weighted by molar-refractivity contribution is 0.104. The van der Waals surface area contributed by atoms with Crippen LogP contribution in [0.4, 0.5) is 0 Å². The largest absolute Gasteiger partial charge is 0.289 e. The van der Waals surface area contributed by atoms with Crippen LogP contribution in [-0.4, -0.2) is 11.5 Å². The van der Waals surface area contributed by atoms with E-state index in [9.17, 15) is 4.79 Å². The summed E-state index contributed by atoms with van der Waals surface area (Å²) < 4.78 is 0. The Hall–Kier alpha value is -0.350. The molecule has 2 aromatic carbocycles. The van der Waals surface area contributed by atoms with E-state index in [-0.39, 0.29) is 30.7 Å². The minimum absolute atomic E-state index is 0.00827. The van der Waals surface area contributed by atoms with Crippen LogP contribution < -0.4 is 0 Å². The van der Waals surface area contributed by atoms with Crippen LogP contribution in [0.2, 0.25) is 25.1 Å². The van der Waals surface area contributed by atoms with Crippen LogP contribution in [0.5, 0.6) is 0 Å². The van der Waals surface area contributed by atoms with E-state index < -0.39 is 5.78 Å². The number of benzene rings is 2. The lowest BCUT2D eigenvalue weighted by Crippen LogP contribution is -1.99. The number of ketones is 1. The number of hydrogen-bond donors (Lipinski definition) is 0. The Kier molecular flexibility index (Phi) is 9.34. The highest BCUT2D eigenvalue weighted by atomic mass is 35.5. The van der Waals surface area contributed by atoms with Crippen molar-refractivity contribution in [3.63, 3.8) is 0 Å². The third kappa shape index (κ3) is 6.06. The van der Waals surface area contributed by atoms with Gasteiger partial charge in [0, 0.05) is 4.90 Å². The summed E-state index contributed by atoms with van der Waals surface area (Å²) in [7, 11) is 0. The van der Waals surface area contributed by atoms with Gasteiger partial charge in [-0.3, -0.25) is 4.79 Å². The highest BCUT2D eigenvalue weighted by Gasteiger charge is 2.22. The zero-order chi connectivity index (χ0) is 20.0. The van der Waals surface area contributed by atoms with E-state index >= 15 is 0 Å². The Labute approximate surface area is 189 Å². The van der Waals surface area contributed by atoms with Crippen LogP contribution in [-0.2, 0) is 0 Å². The summed E-state index contributed by atoms with van der Waals surface area (Å²) in [5.74, 6) is 0.708. The molecular formula is C20H17Cl5OS. The average Bonchev–Trinajstić information content (AvgIpc) is 2.67. The second-order valence-electron chi connectivity index (χ2n) is 5.77. The van der Waals surface area contributed by atoms with Crippen LogP contribution in [0.3, 0.4) is 0 Å². The summed E-state index contributed by atoms with van der Waals surface area (Å²) in [5, 5.41) is 0.0258. The van der Waals surface area contributed by atoms with Gasteiger partial charge in [0.15, 0.2) is 5.78 Å². The molecule has 0 unspecified atom stereocenters. The zero-order valence-corrected chi connectivity index (χ0v) is 19.1. The molecule has 1 nitrogen and oxygen atoms in total. The first kappa shape index (κ1) is 22.9. The monoisotopic (exact) mass is 480 g/mol. The topological polar surface area (TPSA) is 17.1 Å². The fraction of sp³-hybridized carbons (Fsp3) is 0.250. The number of rotatable bonds is 8. The van der Waals surface area contributed by atoms with Crippen molar-refractivity contribution in [2.45, 2.75) is 31.1 Å². The molecule has 0 radical (unpaired) electrons. The van der Waals surface area contributed by atoms with E-state index in [0.717, 1.165) is 11.3 Å². The second-order valence-corrected chi connectivity index (χ2v) is 8.83. The van der Waals surface area contributed by atoms with Crippen LogP contribution in [0, 0.1) is 0 Å². The van der Waals surface area contributed by atoms with Crippen LogP contribution in [0.1, 0.15) is 42.1 Å². The molecule has 0 bridgehead atoms. The van der Waals surface area contributed by atoms with E-state index in [2.05, 4.69) is 6.92 Å². The molecule has 2 aromatic rings. The summed E-state index contributed by atoms with van der Waals surface area (Å²) in [6, 6.07) is 7.99. The van der Waals surface area contributed by atoms with Gasteiger partial charge < -0.3 is 0 Å². The second kappa shape index (κ2) is 11.0. The smallest absolute Gasteiger partial charge is 0.188 e. The predicted octanol–water partition coefficient (Wildman–Crippen LogP) is 9.13. The van der Waals surface area contributed by atoms with Crippen molar-refractivity contribution in [3.8, 4) is 0 Å². The first-order chi connectivity index (χ1) is 12.9. The van der Waals surface area contributed by atoms with Crippen molar-refractivity contribution in [2.24, 2.45) is 0 Å². The molecule has 0 aliphatic carbocycles. The van der Waals surface area contributed by atoms with Crippen molar-refractivity contribution in [1.82, 2.24) is 0 Å². The molecule has 2 rings (SSSR count). The molecule has 144 valence electrons. The minimum atomic E-state index is -0.400. The zero-order valence-electron chi connectivity index (χ0n) is 14.5.